The molecule has 0 radical (unpaired) electrons. The van der Waals surface area contributed by atoms with Crippen LogP contribution in [0.5, 0.6) is 0 Å². The molecule has 1 aliphatic rings. The van der Waals surface area contributed by atoms with E-state index in [0.29, 0.717) is 25.8 Å². The van der Waals surface area contributed by atoms with Crippen LogP contribution in [0.1, 0.15) is 31.2 Å². The van der Waals surface area contributed by atoms with Crippen molar-refractivity contribution in [3.63, 3.8) is 0 Å². The van der Waals surface area contributed by atoms with Crippen LogP contribution < -0.4 is 5.32 Å². The second-order valence-corrected chi connectivity index (χ2v) is 10.8. The average molecular weight is 488 g/mol. The maximum atomic E-state index is 11.8. The fourth-order valence-corrected chi connectivity index (χ4v) is 5.22. The molecular formula is C24H33N5O4S. The number of hydrogen-bond acceptors (Lipinski definition) is 7. The third-order valence-corrected chi connectivity index (χ3v) is 7.81. The van der Waals surface area contributed by atoms with Gasteiger partial charge in [-0.05, 0) is 49.4 Å². The van der Waals surface area contributed by atoms with Crippen LogP contribution in [0.3, 0.4) is 0 Å². The first-order valence-corrected chi connectivity index (χ1v) is 13.4. The normalized spacial score (nSPS) is 19.1. The zero-order valence-electron chi connectivity index (χ0n) is 20.0. The SMILES string of the molecule is COCCOCc1cccc2c1ccn2-c1ccnc(N[C@H]2CC[C@H](N(C)S(C)(=O)=O)CC2)n1. The molecule has 184 valence electrons. The minimum atomic E-state index is -3.17. The molecule has 0 atom stereocenters. The Bertz CT molecular complexity index is 1210. The molecule has 4 rings (SSSR count). The number of fused-ring (bicyclic) bond motifs is 1. The Morgan fingerprint density at radius 3 is 2.68 bits per heavy atom. The van der Waals surface area contributed by atoms with Gasteiger partial charge in [0.15, 0.2) is 0 Å². The van der Waals surface area contributed by atoms with Crippen molar-refractivity contribution in [2.75, 3.05) is 38.9 Å². The van der Waals surface area contributed by atoms with Gasteiger partial charge < -0.3 is 19.4 Å². The number of aromatic nitrogens is 3. The topological polar surface area (TPSA) is 98.6 Å². The third-order valence-electron chi connectivity index (χ3n) is 6.47. The van der Waals surface area contributed by atoms with Crippen molar-refractivity contribution in [1.29, 1.82) is 0 Å². The highest BCUT2D eigenvalue weighted by molar-refractivity contribution is 7.88. The summed E-state index contributed by atoms with van der Waals surface area (Å²) in [6, 6.07) is 10.4. The summed E-state index contributed by atoms with van der Waals surface area (Å²) in [5.74, 6) is 1.37. The number of nitrogens with one attached hydrogen (secondary N) is 1. The minimum absolute atomic E-state index is 0.0548. The van der Waals surface area contributed by atoms with Crippen LogP contribution >= 0.6 is 0 Å². The molecule has 9 nitrogen and oxygen atoms in total. The van der Waals surface area contributed by atoms with Gasteiger partial charge >= 0.3 is 0 Å². The molecule has 1 fully saturated rings. The number of benzene rings is 1. The van der Waals surface area contributed by atoms with E-state index in [0.717, 1.165) is 48.0 Å². The van der Waals surface area contributed by atoms with Crippen LogP contribution in [0.25, 0.3) is 16.7 Å². The average Bonchev–Trinajstić information content (AvgIpc) is 3.26. The van der Waals surface area contributed by atoms with Gasteiger partial charge in [-0.15, -0.1) is 0 Å². The second kappa shape index (κ2) is 10.8. The van der Waals surface area contributed by atoms with Crippen molar-refractivity contribution in [2.24, 2.45) is 0 Å². The number of hydrogen-bond donors (Lipinski definition) is 1. The quantitative estimate of drug-likeness (QED) is 0.439. The first-order chi connectivity index (χ1) is 16.4. The van der Waals surface area contributed by atoms with E-state index >= 15 is 0 Å². The van der Waals surface area contributed by atoms with Crippen LogP contribution in [-0.4, -0.2) is 73.0 Å². The number of rotatable bonds is 10. The number of ether oxygens (including phenoxy) is 2. The minimum Gasteiger partial charge on any atom is -0.382 e. The molecule has 1 saturated carbocycles. The molecule has 0 unspecified atom stereocenters. The number of nitrogens with zero attached hydrogens (tertiary/aromatic N) is 4. The van der Waals surface area contributed by atoms with Gasteiger partial charge in [0, 0.05) is 44.0 Å². The molecule has 1 aromatic carbocycles. The zero-order valence-corrected chi connectivity index (χ0v) is 20.8. The lowest BCUT2D eigenvalue weighted by Gasteiger charge is -2.33. The molecule has 34 heavy (non-hydrogen) atoms. The Labute approximate surface area is 201 Å². The molecule has 10 heteroatoms. The molecule has 2 aromatic heterocycles. The molecule has 1 N–H and O–H groups in total. The molecule has 0 aliphatic heterocycles. The van der Waals surface area contributed by atoms with E-state index in [1.165, 1.54) is 10.6 Å². The number of methoxy groups -OCH3 is 1. The Kier molecular flexibility index (Phi) is 7.82. The van der Waals surface area contributed by atoms with Crippen LogP contribution in [0.15, 0.2) is 42.7 Å². The summed E-state index contributed by atoms with van der Waals surface area (Å²) in [6.07, 6.45) is 8.42. The predicted molar refractivity (Wildman–Crippen MR) is 133 cm³/mol. The van der Waals surface area contributed by atoms with E-state index in [1.54, 1.807) is 20.4 Å². The van der Waals surface area contributed by atoms with E-state index < -0.39 is 10.0 Å². The van der Waals surface area contributed by atoms with Crippen molar-refractivity contribution >= 4 is 26.9 Å². The van der Waals surface area contributed by atoms with Crippen LogP contribution in [-0.2, 0) is 26.1 Å². The zero-order chi connectivity index (χ0) is 24.1. The maximum absolute atomic E-state index is 11.8. The summed E-state index contributed by atoms with van der Waals surface area (Å²) in [5, 5.41) is 4.57. The lowest BCUT2D eigenvalue weighted by molar-refractivity contribution is 0.0621. The predicted octanol–water partition coefficient (Wildman–Crippen LogP) is 3.20. The van der Waals surface area contributed by atoms with Gasteiger partial charge in [-0.25, -0.2) is 17.7 Å². The highest BCUT2D eigenvalue weighted by Crippen LogP contribution is 2.27. The van der Waals surface area contributed by atoms with E-state index in [1.807, 2.05) is 18.3 Å². The fourth-order valence-electron chi connectivity index (χ4n) is 4.47. The van der Waals surface area contributed by atoms with Crippen LogP contribution in [0.2, 0.25) is 0 Å². The van der Waals surface area contributed by atoms with E-state index in [4.69, 9.17) is 14.5 Å². The Morgan fingerprint density at radius 1 is 1.15 bits per heavy atom. The third kappa shape index (κ3) is 5.75. The molecule has 0 amide bonds. The standard InChI is InChI=1S/C24H33N5O4S/c1-28(34(3,30)31)20-9-7-19(8-10-20)26-24-25-13-11-23(27-24)29-14-12-21-18(5-4-6-22(21)29)17-33-16-15-32-2/h4-6,11-14,19-20H,7-10,15-17H2,1-3H3,(H,25,26,27)/t19-,20-. The Balaban J connectivity index is 1.44. The molecule has 0 spiro atoms. The first-order valence-electron chi connectivity index (χ1n) is 11.6. The van der Waals surface area contributed by atoms with Crippen molar-refractivity contribution < 1.29 is 17.9 Å². The molecule has 1 aliphatic carbocycles. The van der Waals surface area contributed by atoms with Gasteiger partial charge in [0.05, 0.1) is 31.6 Å². The monoisotopic (exact) mass is 487 g/mol. The highest BCUT2D eigenvalue weighted by Gasteiger charge is 2.28. The second-order valence-electron chi connectivity index (χ2n) is 8.75. The Hall–Kier alpha value is -2.53. The van der Waals surface area contributed by atoms with Crippen LogP contribution in [0, 0.1) is 0 Å². The van der Waals surface area contributed by atoms with Crippen molar-refractivity contribution in [2.45, 2.75) is 44.4 Å². The molecule has 0 saturated heterocycles. The van der Waals surface area contributed by atoms with Crippen molar-refractivity contribution in [3.05, 3.63) is 48.3 Å². The summed E-state index contributed by atoms with van der Waals surface area (Å²) in [7, 11) is 0.163. The lowest BCUT2D eigenvalue weighted by atomic mass is 9.91. The fraction of sp³-hybridized carbons (Fsp3) is 0.500. The molecular weight excluding hydrogens is 454 g/mol. The van der Waals surface area contributed by atoms with Gasteiger partial charge in [-0.2, -0.15) is 4.98 Å². The van der Waals surface area contributed by atoms with Gasteiger partial charge in [0.25, 0.3) is 0 Å². The summed E-state index contributed by atoms with van der Waals surface area (Å²) < 4.78 is 38.0. The summed E-state index contributed by atoms with van der Waals surface area (Å²) in [6.45, 7) is 1.66. The molecule has 2 heterocycles. The van der Waals surface area contributed by atoms with Gasteiger partial charge in [0.2, 0.25) is 16.0 Å². The van der Waals surface area contributed by atoms with Gasteiger partial charge in [-0.3, -0.25) is 0 Å². The summed E-state index contributed by atoms with van der Waals surface area (Å²) >= 11 is 0. The summed E-state index contributed by atoms with van der Waals surface area (Å²) in [4.78, 5) is 9.17. The lowest BCUT2D eigenvalue weighted by Crippen LogP contribution is -2.41. The molecule has 3 aromatic rings. The number of anilines is 1. The number of sulfonamides is 1. The van der Waals surface area contributed by atoms with E-state index in [-0.39, 0.29) is 12.1 Å². The highest BCUT2D eigenvalue weighted by atomic mass is 32.2. The van der Waals surface area contributed by atoms with Crippen molar-refractivity contribution in [1.82, 2.24) is 18.8 Å². The first kappa shape index (κ1) is 24.6. The van der Waals surface area contributed by atoms with Crippen molar-refractivity contribution in [3.8, 4) is 5.82 Å². The van der Waals surface area contributed by atoms with Crippen LogP contribution in [0.4, 0.5) is 5.95 Å². The Morgan fingerprint density at radius 2 is 1.94 bits per heavy atom. The van der Waals surface area contributed by atoms with E-state index in [2.05, 4.69) is 33.1 Å². The van der Waals surface area contributed by atoms with Gasteiger partial charge in [0.1, 0.15) is 5.82 Å². The smallest absolute Gasteiger partial charge is 0.224 e. The summed E-state index contributed by atoms with van der Waals surface area (Å²) in [5.41, 5.74) is 2.18. The van der Waals surface area contributed by atoms with Gasteiger partial charge in [-0.1, -0.05) is 12.1 Å². The molecule has 0 bridgehead atoms. The maximum Gasteiger partial charge on any atom is 0.224 e. The largest absolute Gasteiger partial charge is 0.382 e. The van der Waals surface area contributed by atoms with E-state index in [9.17, 15) is 8.42 Å².